The molecule has 1 amide bonds. The SMILES string of the molecule is CC(C)(C)c1cc(O)c2c(c1)OC(C)(C)[C@@H]1CC=C(C(=O)NC3(C(F)(F)F)CCC3)C[C@@H]21. The molecular formula is C25H32F3NO3. The van der Waals surface area contributed by atoms with Gasteiger partial charge in [0.1, 0.15) is 22.6 Å². The van der Waals surface area contributed by atoms with Crippen LogP contribution in [-0.4, -0.2) is 28.3 Å². The Morgan fingerprint density at radius 2 is 1.84 bits per heavy atom. The van der Waals surface area contributed by atoms with Crippen LogP contribution < -0.4 is 10.1 Å². The van der Waals surface area contributed by atoms with E-state index in [1.54, 1.807) is 12.1 Å². The van der Waals surface area contributed by atoms with E-state index in [9.17, 15) is 23.1 Å². The van der Waals surface area contributed by atoms with Gasteiger partial charge in [0.15, 0.2) is 0 Å². The number of phenols is 1. The molecular weight excluding hydrogens is 419 g/mol. The number of rotatable bonds is 2. The van der Waals surface area contributed by atoms with E-state index in [0.29, 0.717) is 29.7 Å². The van der Waals surface area contributed by atoms with Crippen LogP contribution in [-0.2, 0) is 10.2 Å². The highest BCUT2D eigenvalue weighted by Gasteiger charge is 2.59. The summed E-state index contributed by atoms with van der Waals surface area (Å²) in [7, 11) is 0. The van der Waals surface area contributed by atoms with Gasteiger partial charge in [-0.25, -0.2) is 0 Å². The highest BCUT2D eigenvalue weighted by Crippen LogP contribution is 2.55. The number of aromatic hydroxyl groups is 1. The third-order valence-electron chi connectivity index (χ3n) is 7.56. The average Bonchev–Trinajstić information content (AvgIpc) is 2.61. The minimum Gasteiger partial charge on any atom is -0.508 e. The molecule has 3 aliphatic rings. The van der Waals surface area contributed by atoms with Gasteiger partial charge >= 0.3 is 6.18 Å². The summed E-state index contributed by atoms with van der Waals surface area (Å²) in [4.78, 5) is 12.9. The highest BCUT2D eigenvalue weighted by atomic mass is 19.4. The van der Waals surface area contributed by atoms with Gasteiger partial charge in [0.05, 0.1) is 0 Å². The third kappa shape index (κ3) is 3.67. The maximum absolute atomic E-state index is 13.6. The number of carbonyl (C=O) groups is 1. The van der Waals surface area contributed by atoms with Crippen molar-refractivity contribution in [1.82, 2.24) is 5.32 Å². The van der Waals surface area contributed by atoms with E-state index < -0.39 is 23.2 Å². The smallest absolute Gasteiger partial charge is 0.411 e. The Morgan fingerprint density at radius 3 is 2.38 bits per heavy atom. The maximum Gasteiger partial charge on any atom is 0.411 e. The molecule has 1 fully saturated rings. The molecule has 0 bridgehead atoms. The molecule has 0 radical (unpaired) electrons. The van der Waals surface area contributed by atoms with Crippen LogP contribution in [0.1, 0.15) is 83.8 Å². The fourth-order valence-electron chi connectivity index (χ4n) is 5.32. The van der Waals surface area contributed by atoms with Crippen molar-refractivity contribution in [2.75, 3.05) is 0 Å². The molecule has 1 saturated carbocycles. The molecule has 4 nitrogen and oxygen atoms in total. The molecule has 1 aromatic rings. The van der Waals surface area contributed by atoms with Crippen LogP contribution in [0.5, 0.6) is 11.5 Å². The molecule has 32 heavy (non-hydrogen) atoms. The topological polar surface area (TPSA) is 58.6 Å². The monoisotopic (exact) mass is 451 g/mol. The summed E-state index contributed by atoms with van der Waals surface area (Å²) in [5.41, 5.74) is -0.911. The Balaban J connectivity index is 1.66. The van der Waals surface area contributed by atoms with Crippen LogP contribution in [0.2, 0.25) is 0 Å². The van der Waals surface area contributed by atoms with Crippen molar-refractivity contribution in [1.29, 1.82) is 0 Å². The lowest BCUT2D eigenvalue weighted by molar-refractivity contribution is -0.218. The van der Waals surface area contributed by atoms with Crippen molar-refractivity contribution >= 4 is 5.91 Å². The number of amides is 1. The van der Waals surface area contributed by atoms with Crippen LogP contribution in [0, 0.1) is 5.92 Å². The zero-order valence-electron chi connectivity index (χ0n) is 19.3. The summed E-state index contributed by atoms with van der Waals surface area (Å²) < 4.78 is 47.0. The molecule has 2 aliphatic carbocycles. The molecule has 1 aromatic carbocycles. The molecule has 2 N–H and O–H groups in total. The number of halogens is 3. The highest BCUT2D eigenvalue weighted by molar-refractivity contribution is 5.94. The molecule has 0 unspecified atom stereocenters. The van der Waals surface area contributed by atoms with E-state index in [1.807, 2.05) is 40.7 Å². The number of hydrogen-bond donors (Lipinski definition) is 2. The second kappa shape index (κ2) is 7.16. The number of alkyl halides is 3. The van der Waals surface area contributed by atoms with Crippen molar-refractivity contribution in [3.05, 3.63) is 34.9 Å². The molecule has 1 heterocycles. The first-order chi connectivity index (χ1) is 14.6. The van der Waals surface area contributed by atoms with Gasteiger partial charge in [-0.3, -0.25) is 4.79 Å². The number of nitrogens with one attached hydrogen (secondary N) is 1. The predicted molar refractivity (Wildman–Crippen MR) is 116 cm³/mol. The van der Waals surface area contributed by atoms with Gasteiger partial charge in [0.25, 0.3) is 0 Å². The Morgan fingerprint density at radius 1 is 1.19 bits per heavy atom. The van der Waals surface area contributed by atoms with Crippen molar-refractivity contribution in [2.24, 2.45) is 5.92 Å². The van der Waals surface area contributed by atoms with Gasteiger partial charge in [-0.15, -0.1) is 0 Å². The normalized spacial score (nSPS) is 26.1. The second-order valence-electron chi connectivity index (χ2n) is 11.1. The van der Waals surface area contributed by atoms with Gasteiger partial charge in [-0.1, -0.05) is 26.8 Å². The third-order valence-corrected chi connectivity index (χ3v) is 7.56. The summed E-state index contributed by atoms with van der Waals surface area (Å²) in [6.45, 7) is 10.1. The number of hydrogen-bond acceptors (Lipinski definition) is 3. The second-order valence-corrected chi connectivity index (χ2v) is 11.1. The Bertz CT molecular complexity index is 968. The first kappa shape index (κ1) is 23.0. The minimum absolute atomic E-state index is 0.00165. The number of carbonyl (C=O) groups excluding carboxylic acids is 1. The molecule has 0 saturated heterocycles. The van der Waals surface area contributed by atoms with Crippen molar-refractivity contribution in [3.63, 3.8) is 0 Å². The largest absolute Gasteiger partial charge is 0.508 e. The van der Waals surface area contributed by atoms with Crippen molar-refractivity contribution in [2.45, 2.75) is 95.4 Å². The first-order valence-electron chi connectivity index (χ1n) is 11.3. The standard InChI is InChI=1S/C25H32F3NO3/c1-22(2,3)15-12-18(30)20-16-11-14(7-8-17(16)23(4,5)32-19(20)13-15)21(31)29-24(9-6-10-24)25(26,27)28/h7,12-13,16-17,30H,6,8-11H2,1-5H3,(H,29,31)/t16-,17-/m1/s1. The summed E-state index contributed by atoms with van der Waals surface area (Å²) in [5, 5.41) is 13.2. The van der Waals surface area contributed by atoms with Crippen molar-refractivity contribution < 1.29 is 27.8 Å². The molecule has 2 atom stereocenters. The van der Waals surface area contributed by atoms with Crippen LogP contribution in [0.3, 0.4) is 0 Å². The average molecular weight is 452 g/mol. The number of benzene rings is 1. The summed E-state index contributed by atoms with van der Waals surface area (Å²) >= 11 is 0. The summed E-state index contributed by atoms with van der Waals surface area (Å²) in [6, 6.07) is 3.68. The van der Waals surface area contributed by atoms with Gasteiger partial charge < -0.3 is 15.2 Å². The molecule has 7 heteroatoms. The molecule has 1 aliphatic heterocycles. The lowest BCUT2D eigenvalue weighted by Crippen LogP contribution is -2.63. The Hall–Kier alpha value is -2.18. The van der Waals surface area contributed by atoms with Gasteiger partial charge in [-0.05, 0) is 69.1 Å². The maximum atomic E-state index is 13.6. The lowest BCUT2D eigenvalue weighted by atomic mass is 9.66. The summed E-state index contributed by atoms with van der Waals surface area (Å²) in [5.74, 6) is -0.161. The number of fused-ring (bicyclic) bond motifs is 3. The predicted octanol–water partition coefficient (Wildman–Crippen LogP) is 5.88. The molecule has 176 valence electrons. The fraction of sp³-hybridized carbons (Fsp3) is 0.640. The number of ether oxygens (including phenoxy) is 1. The van der Waals surface area contributed by atoms with Crippen molar-refractivity contribution in [3.8, 4) is 11.5 Å². The lowest BCUT2D eigenvalue weighted by Gasteiger charge is -2.48. The molecule has 0 spiro atoms. The van der Waals surface area contributed by atoms with Crippen LogP contribution in [0.25, 0.3) is 0 Å². The minimum atomic E-state index is -4.46. The first-order valence-corrected chi connectivity index (χ1v) is 11.3. The van der Waals surface area contributed by atoms with E-state index in [1.165, 1.54) is 0 Å². The molecule has 4 rings (SSSR count). The van der Waals surface area contributed by atoms with Crippen LogP contribution in [0.4, 0.5) is 13.2 Å². The zero-order chi connectivity index (χ0) is 23.7. The van der Waals surface area contributed by atoms with Gasteiger partial charge in [-0.2, -0.15) is 13.2 Å². The van der Waals surface area contributed by atoms with E-state index in [4.69, 9.17) is 4.74 Å². The van der Waals surface area contributed by atoms with Crippen LogP contribution >= 0.6 is 0 Å². The van der Waals surface area contributed by atoms with Crippen LogP contribution in [0.15, 0.2) is 23.8 Å². The molecule has 0 aromatic heterocycles. The van der Waals surface area contributed by atoms with E-state index in [0.717, 1.165) is 5.56 Å². The number of allylic oxidation sites excluding steroid dienone is 1. The quantitative estimate of drug-likeness (QED) is 0.590. The van der Waals surface area contributed by atoms with Gasteiger partial charge in [0.2, 0.25) is 5.91 Å². The number of phenolic OH excluding ortho intramolecular Hbond substituents is 1. The Labute approximate surface area is 187 Å². The zero-order valence-corrected chi connectivity index (χ0v) is 19.3. The Kier molecular flexibility index (Phi) is 5.14. The van der Waals surface area contributed by atoms with E-state index in [2.05, 4.69) is 5.32 Å². The van der Waals surface area contributed by atoms with E-state index >= 15 is 0 Å². The summed E-state index contributed by atoms with van der Waals surface area (Å²) in [6.07, 6.45) is -1.66. The van der Waals surface area contributed by atoms with E-state index in [-0.39, 0.29) is 42.3 Å². The van der Waals surface area contributed by atoms with Gasteiger partial charge in [0, 0.05) is 23.0 Å². The fourth-order valence-corrected chi connectivity index (χ4v) is 5.32.